The van der Waals surface area contributed by atoms with Gasteiger partial charge in [-0.05, 0) is 45.3 Å². The van der Waals surface area contributed by atoms with Gasteiger partial charge in [-0.2, -0.15) is 0 Å². The maximum atomic E-state index is 11.1. The van der Waals surface area contributed by atoms with Crippen molar-refractivity contribution in [1.29, 1.82) is 0 Å². The average molecular weight is 276 g/mol. The second-order valence-corrected chi connectivity index (χ2v) is 7.79. The second-order valence-electron chi connectivity index (χ2n) is 5.53. The zero-order valence-corrected chi connectivity index (χ0v) is 12.9. The van der Waals surface area contributed by atoms with Crippen LogP contribution in [0.5, 0.6) is 0 Å². The zero-order valence-electron chi connectivity index (χ0n) is 12.0. The monoisotopic (exact) mass is 276 g/mol. The molecule has 108 valence electrons. The van der Waals surface area contributed by atoms with Crippen molar-refractivity contribution < 1.29 is 8.42 Å². The molecule has 0 aromatic heterocycles. The highest BCUT2D eigenvalue weighted by Gasteiger charge is 2.29. The summed E-state index contributed by atoms with van der Waals surface area (Å²) in [5.41, 5.74) is 0.224. The lowest BCUT2D eigenvalue weighted by molar-refractivity contribution is 0.197. The molecule has 18 heavy (non-hydrogen) atoms. The number of hydrogen-bond acceptors (Lipinski definition) is 4. The van der Waals surface area contributed by atoms with Gasteiger partial charge in [0.2, 0.25) is 0 Å². The standard InChI is InChI=1S/C13H28N2O2S/c1-4-13(5-2)12-15(9-6-8-14-13)10-7-11-18(3,16)17/h14H,4-12H2,1-3H3. The first kappa shape index (κ1) is 15.9. The molecular weight excluding hydrogens is 248 g/mol. The van der Waals surface area contributed by atoms with E-state index >= 15 is 0 Å². The lowest BCUT2D eigenvalue weighted by Gasteiger charge is -2.35. The molecule has 1 aliphatic rings. The molecule has 0 amide bonds. The quantitative estimate of drug-likeness (QED) is 0.794. The van der Waals surface area contributed by atoms with Gasteiger partial charge in [0, 0.05) is 18.3 Å². The summed E-state index contributed by atoms with van der Waals surface area (Å²) in [5.74, 6) is 0.308. The van der Waals surface area contributed by atoms with Crippen molar-refractivity contribution in [2.24, 2.45) is 0 Å². The van der Waals surface area contributed by atoms with Crippen LogP contribution in [0.4, 0.5) is 0 Å². The van der Waals surface area contributed by atoms with Gasteiger partial charge in [-0.1, -0.05) is 13.8 Å². The van der Waals surface area contributed by atoms with Crippen LogP contribution in [0.3, 0.4) is 0 Å². The van der Waals surface area contributed by atoms with Crippen LogP contribution < -0.4 is 5.32 Å². The van der Waals surface area contributed by atoms with E-state index in [4.69, 9.17) is 0 Å². The van der Waals surface area contributed by atoms with Crippen molar-refractivity contribution in [3.05, 3.63) is 0 Å². The molecule has 4 nitrogen and oxygen atoms in total. The first-order valence-electron chi connectivity index (χ1n) is 7.06. The third kappa shape index (κ3) is 5.24. The number of sulfone groups is 1. The topological polar surface area (TPSA) is 49.4 Å². The van der Waals surface area contributed by atoms with E-state index < -0.39 is 9.84 Å². The Morgan fingerprint density at radius 3 is 2.50 bits per heavy atom. The average Bonchev–Trinajstić information content (AvgIpc) is 2.50. The van der Waals surface area contributed by atoms with Crippen molar-refractivity contribution >= 4 is 9.84 Å². The third-order valence-electron chi connectivity index (χ3n) is 4.02. The Kier molecular flexibility index (Phi) is 6.08. The van der Waals surface area contributed by atoms with Gasteiger partial charge < -0.3 is 10.2 Å². The molecule has 1 N–H and O–H groups in total. The lowest BCUT2D eigenvalue weighted by atomic mass is 9.92. The third-order valence-corrected chi connectivity index (χ3v) is 5.05. The molecule has 0 radical (unpaired) electrons. The van der Waals surface area contributed by atoms with E-state index in [9.17, 15) is 8.42 Å². The minimum absolute atomic E-state index is 0.224. The van der Waals surface area contributed by atoms with Gasteiger partial charge in [-0.25, -0.2) is 8.42 Å². The number of rotatable bonds is 6. The molecule has 0 saturated carbocycles. The molecule has 0 aromatic carbocycles. The van der Waals surface area contributed by atoms with E-state index in [0.29, 0.717) is 5.75 Å². The highest BCUT2D eigenvalue weighted by atomic mass is 32.2. The highest BCUT2D eigenvalue weighted by Crippen LogP contribution is 2.19. The van der Waals surface area contributed by atoms with Crippen LogP contribution in [-0.4, -0.2) is 57.0 Å². The summed E-state index contributed by atoms with van der Waals surface area (Å²) in [6.45, 7) is 8.57. The van der Waals surface area contributed by atoms with Gasteiger partial charge in [-0.15, -0.1) is 0 Å². The van der Waals surface area contributed by atoms with Gasteiger partial charge in [0.15, 0.2) is 0 Å². The molecular formula is C13H28N2O2S. The molecule has 0 unspecified atom stereocenters. The second kappa shape index (κ2) is 6.87. The molecule has 0 atom stereocenters. The number of hydrogen-bond donors (Lipinski definition) is 1. The fourth-order valence-electron chi connectivity index (χ4n) is 2.68. The van der Waals surface area contributed by atoms with Gasteiger partial charge in [0.05, 0.1) is 5.75 Å². The van der Waals surface area contributed by atoms with Crippen LogP contribution in [-0.2, 0) is 9.84 Å². The molecule has 0 bridgehead atoms. The number of nitrogens with one attached hydrogen (secondary N) is 1. The van der Waals surface area contributed by atoms with E-state index in [1.807, 2.05) is 0 Å². The lowest BCUT2D eigenvalue weighted by Crippen LogP contribution is -2.50. The summed E-state index contributed by atoms with van der Waals surface area (Å²) in [4.78, 5) is 2.43. The summed E-state index contributed by atoms with van der Waals surface area (Å²) < 4.78 is 22.3. The highest BCUT2D eigenvalue weighted by molar-refractivity contribution is 7.90. The SMILES string of the molecule is CCC1(CC)CN(CCCS(C)(=O)=O)CCCN1. The number of nitrogens with zero attached hydrogens (tertiary/aromatic N) is 1. The van der Waals surface area contributed by atoms with E-state index in [1.165, 1.54) is 6.26 Å². The van der Waals surface area contributed by atoms with Crippen LogP contribution in [0.15, 0.2) is 0 Å². The normalized spacial score (nSPS) is 21.7. The fourth-order valence-corrected chi connectivity index (χ4v) is 3.34. The molecule has 1 saturated heterocycles. The van der Waals surface area contributed by atoms with Crippen LogP contribution in [0.25, 0.3) is 0 Å². The van der Waals surface area contributed by atoms with E-state index in [1.54, 1.807) is 0 Å². The largest absolute Gasteiger partial charge is 0.310 e. The Labute approximate surface area is 112 Å². The summed E-state index contributed by atoms with van der Waals surface area (Å²) >= 11 is 0. The summed E-state index contributed by atoms with van der Waals surface area (Å²) in [5, 5.41) is 3.67. The zero-order chi connectivity index (χ0) is 13.6. The minimum Gasteiger partial charge on any atom is -0.310 e. The Balaban J connectivity index is 2.49. The molecule has 1 heterocycles. The predicted octanol–water partition coefficient (Wildman–Crippen LogP) is 1.28. The molecule has 0 aromatic rings. The van der Waals surface area contributed by atoms with Crippen molar-refractivity contribution in [2.75, 3.05) is 38.2 Å². The summed E-state index contributed by atoms with van der Waals surface area (Å²) in [7, 11) is -2.82. The minimum atomic E-state index is -2.82. The van der Waals surface area contributed by atoms with Gasteiger partial charge in [0.1, 0.15) is 9.84 Å². The van der Waals surface area contributed by atoms with E-state index in [-0.39, 0.29) is 5.54 Å². The molecule has 0 aliphatic carbocycles. The Bertz CT molecular complexity index is 337. The van der Waals surface area contributed by atoms with Gasteiger partial charge in [0.25, 0.3) is 0 Å². The van der Waals surface area contributed by atoms with Crippen molar-refractivity contribution in [1.82, 2.24) is 10.2 Å². The Morgan fingerprint density at radius 1 is 1.28 bits per heavy atom. The van der Waals surface area contributed by atoms with Crippen molar-refractivity contribution in [2.45, 2.75) is 45.1 Å². The molecule has 0 spiro atoms. The van der Waals surface area contributed by atoms with Gasteiger partial charge >= 0.3 is 0 Å². The maximum Gasteiger partial charge on any atom is 0.147 e. The first-order valence-corrected chi connectivity index (χ1v) is 9.12. The summed E-state index contributed by atoms with van der Waals surface area (Å²) in [6, 6.07) is 0. The van der Waals surface area contributed by atoms with E-state index in [0.717, 1.165) is 51.9 Å². The molecule has 1 fully saturated rings. The molecule has 5 heteroatoms. The van der Waals surface area contributed by atoms with Gasteiger partial charge in [-0.3, -0.25) is 0 Å². The summed E-state index contributed by atoms with van der Waals surface area (Å²) in [6.07, 6.45) is 5.49. The van der Waals surface area contributed by atoms with Crippen LogP contribution in [0.2, 0.25) is 0 Å². The van der Waals surface area contributed by atoms with Crippen LogP contribution in [0.1, 0.15) is 39.5 Å². The van der Waals surface area contributed by atoms with Crippen molar-refractivity contribution in [3.63, 3.8) is 0 Å². The first-order chi connectivity index (χ1) is 8.41. The molecule has 1 rings (SSSR count). The smallest absolute Gasteiger partial charge is 0.147 e. The molecule has 1 aliphatic heterocycles. The van der Waals surface area contributed by atoms with Crippen LogP contribution >= 0.6 is 0 Å². The maximum absolute atomic E-state index is 11.1. The van der Waals surface area contributed by atoms with Crippen molar-refractivity contribution in [3.8, 4) is 0 Å². The fraction of sp³-hybridized carbons (Fsp3) is 1.00. The Morgan fingerprint density at radius 2 is 1.94 bits per heavy atom. The predicted molar refractivity (Wildman–Crippen MR) is 76.7 cm³/mol. The van der Waals surface area contributed by atoms with E-state index in [2.05, 4.69) is 24.1 Å². The van der Waals surface area contributed by atoms with Crippen LogP contribution in [0, 0.1) is 0 Å². The Hall–Kier alpha value is -0.130.